The van der Waals surface area contributed by atoms with Crippen LogP contribution in [0.3, 0.4) is 0 Å². The maximum atomic E-state index is 12.5. The molecule has 0 atom stereocenters. The lowest BCUT2D eigenvalue weighted by atomic mass is 9.94. The van der Waals surface area contributed by atoms with Crippen molar-refractivity contribution in [2.45, 2.75) is 24.5 Å². The van der Waals surface area contributed by atoms with Gasteiger partial charge in [-0.25, -0.2) is 0 Å². The van der Waals surface area contributed by atoms with E-state index in [0.717, 1.165) is 17.5 Å². The zero-order valence-electron chi connectivity index (χ0n) is 17.6. The first-order valence-corrected chi connectivity index (χ1v) is 12.2. The van der Waals surface area contributed by atoms with E-state index in [0.29, 0.717) is 24.0 Å². The Bertz CT molecular complexity index is 1300. The number of hydrogen-bond donors (Lipinski definition) is 1. The minimum Gasteiger partial charge on any atom is -0.285 e. The Balaban J connectivity index is 1.70. The highest BCUT2D eigenvalue weighted by molar-refractivity contribution is 7.86. The van der Waals surface area contributed by atoms with E-state index >= 15 is 0 Å². The lowest BCUT2D eigenvalue weighted by molar-refractivity contribution is 0.475. The molecule has 4 heteroatoms. The average molecular weight is 441 g/mol. The van der Waals surface area contributed by atoms with Crippen LogP contribution < -0.4 is 0 Å². The predicted molar refractivity (Wildman–Crippen MR) is 128 cm³/mol. The lowest BCUT2D eigenvalue weighted by Gasteiger charge is -2.18. The van der Waals surface area contributed by atoms with Crippen LogP contribution in [0, 0.1) is 0 Å². The van der Waals surface area contributed by atoms with Gasteiger partial charge in [-0.15, -0.1) is 0 Å². The van der Waals surface area contributed by atoms with Gasteiger partial charge < -0.3 is 0 Å². The van der Waals surface area contributed by atoms with Gasteiger partial charge >= 0.3 is 0 Å². The molecule has 4 aromatic carbocycles. The second-order valence-corrected chi connectivity index (χ2v) is 10.1. The van der Waals surface area contributed by atoms with Crippen LogP contribution in [-0.2, 0) is 29.4 Å². The second kappa shape index (κ2) is 8.38. The third-order valence-electron chi connectivity index (χ3n) is 6.01. The fourth-order valence-corrected chi connectivity index (χ4v) is 5.66. The zero-order chi connectivity index (χ0) is 22.1. The molecule has 0 aliphatic heterocycles. The Morgan fingerprint density at radius 3 is 1.19 bits per heavy atom. The molecule has 5 rings (SSSR count). The van der Waals surface area contributed by atoms with E-state index in [-0.39, 0.29) is 0 Å². The van der Waals surface area contributed by atoms with Crippen LogP contribution >= 0.6 is 0 Å². The van der Waals surface area contributed by atoms with Crippen molar-refractivity contribution in [3.8, 4) is 0 Å². The van der Waals surface area contributed by atoms with E-state index < -0.39 is 15.4 Å². The maximum Gasteiger partial charge on any atom is 0.276 e. The van der Waals surface area contributed by atoms with Crippen molar-refractivity contribution in [1.29, 1.82) is 0 Å². The number of rotatable bonds is 1. The molecule has 0 fully saturated rings. The van der Waals surface area contributed by atoms with Crippen molar-refractivity contribution >= 4 is 10.1 Å². The standard InChI is InChI=1S/C28H24O3S/c29-32(30,31)28-26-11-3-9-24(18-26)16-22-7-1-5-20(14-22)13-21-6-2-8-23(15-21)17-25-10-4-12-27(28)19-25/h1-12,14-15,18-19,28H,13,16-17H2,(H,29,30,31). The molecular weight excluding hydrogens is 416 g/mol. The first-order valence-electron chi connectivity index (χ1n) is 10.7. The highest BCUT2D eigenvalue weighted by Gasteiger charge is 2.27. The molecule has 0 aromatic heterocycles. The molecule has 0 heterocycles. The van der Waals surface area contributed by atoms with Gasteiger partial charge in [0.1, 0.15) is 5.25 Å². The van der Waals surface area contributed by atoms with Crippen molar-refractivity contribution < 1.29 is 13.0 Å². The summed E-state index contributed by atoms with van der Waals surface area (Å²) in [6.07, 6.45) is 2.26. The van der Waals surface area contributed by atoms with Gasteiger partial charge in [-0.3, -0.25) is 4.55 Å². The van der Waals surface area contributed by atoms with Crippen LogP contribution in [0.4, 0.5) is 0 Å². The Morgan fingerprint density at radius 2 is 0.844 bits per heavy atom. The molecule has 32 heavy (non-hydrogen) atoms. The molecule has 0 saturated heterocycles. The first-order chi connectivity index (χ1) is 15.4. The highest BCUT2D eigenvalue weighted by atomic mass is 32.2. The molecule has 1 aliphatic rings. The summed E-state index contributed by atoms with van der Waals surface area (Å²) in [5.41, 5.74) is 8.03. The lowest BCUT2D eigenvalue weighted by Crippen LogP contribution is -2.14. The van der Waals surface area contributed by atoms with Gasteiger partial charge in [-0.2, -0.15) is 8.42 Å². The third-order valence-corrected chi connectivity index (χ3v) is 7.15. The van der Waals surface area contributed by atoms with Gasteiger partial charge in [0.2, 0.25) is 0 Å². The van der Waals surface area contributed by atoms with Crippen molar-refractivity contribution in [2.75, 3.05) is 0 Å². The molecule has 0 unspecified atom stereocenters. The Morgan fingerprint density at radius 1 is 0.531 bits per heavy atom. The first kappa shape index (κ1) is 20.7. The van der Waals surface area contributed by atoms with Crippen LogP contribution in [-0.4, -0.2) is 13.0 Å². The average Bonchev–Trinajstić information content (AvgIpc) is 2.73. The number of fused-ring (bicyclic) bond motifs is 8. The predicted octanol–water partition coefficient (Wildman–Crippen LogP) is 5.75. The summed E-state index contributed by atoms with van der Waals surface area (Å²) in [5, 5.41) is -1.12. The molecule has 3 nitrogen and oxygen atoms in total. The Hall–Kier alpha value is -3.21. The van der Waals surface area contributed by atoms with E-state index in [2.05, 4.69) is 48.5 Å². The molecule has 0 amide bonds. The van der Waals surface area contributed by atoms with Gasteiger partial charge in [0, 0.05) is 0 Å². The number of hydrogen-bond acceptors (Lipinski definition) is 2. The summed E-state index contributed by atoms with van der Waals surface area (Å²) < 4.78 is 35.1. The minimum absolute atomic E-state index is 0.576. The monoisotopic (exact) mass is 440 g/mol. The summed E-state index contributed by atoms with van der Waals surface area (Å²) in [4.78, 5) is 0. The molecule has 1 N–H and O–H groups in total. The minimum atomic E-state index is -4.35. The van der Waals surface area contributed by atoms with Crippen molar-refractivity contribution in [2.24, 2.45) is 0 Å². The van der Waals surface area contributed by atoms with Crippen molar-refractivity contribution in [3.05, 3.63) is 142 Å². The van der Waals surface area contributed by atoms with E-state index in [4.69, 9.17) is 0 Å². The second-order valence-electron chi connectivity index (χ2n) is 8.56. The van der Waals surface area contributed by atoms with Gasteiger partial charge in [0.05, 0.1) is 0 Å². The molecule has 8 bridgehead atoms. The van der Waals surface area contributed by atoms with Gasteiger partial charge in [-0.1, -0.05) is 97.1 Å². The molecule has 0 radical (unpaired) electrons. The molecule has 0 spiro atoms. The summed E-state index contributed by atoms with van der Waals surface area (Å²) >= 11 is 0. The fourth-order valence-electron chi connectivity index (χ4n) is 4.67. The fraction of sp³-hybridized carbons (Fsp3) is 0.143. The highest BCUT2D eigenvalue weighted by Crippen LogP contribution is 2.32. The van der Waals surface area contributed by atoms with Gasteiger partial charge in [0.25, 0.3) is 10.1 Å². The molecule has 160 valence electrons. The largest absolute Gasteiger partial charge is 0.285 e. The summed E-state index contributed by atoms with van der Waals surface area (Å²) in [5.74, 6) is 0. The topological polar surface area (TPSA) is 54.4 Å². The van der Waals surface area contributed by atoms with Gasteiger partial charge in [-0.05, 0) is 63.8 Å². The quantitative estimate of drug-likeness (QED) is 0.384. The molecular formula is C28H24O3S. The zero-order valence-corrected chi connectivity index (χ0v) is 18.4. The van der Waals surface area contributed by atoms with E-state index in [1.807, 2.05) is 36.4 Å². The molecule has 0 saturated carbocycles. The number of benzene rings is 4. The smallest absolute Gasteiger partial charge is 0.276 e. The Labute approximate surface area is 189 Å². The van der Waals surface area contributed by atoms with Crippen LogP contribution in [0.15, 0.2) is 97.1 Å². The molecule has 4 aromatic rings. The van der Waals surface area contributed by atoms with Crippen molar-refractivity contribution in [1.82, 2.24) is 0 Å². The van der Waals surface area contributed by atoms with Crippen LogP contribution in [0.1, 0.15) is 49.8 Å². The normalized spacial score (nSPS) is 14.2. The van der Waals surface area contributed by atoms with E-state index in [1.54, 1.807) is 12.1 Å². The van der Waals surface area contributed by atoms with Gasteiger partial charge in [0.15, 0.2) is 0 Å². The van der Waals surface area contributed by atoms with E-state index in [9.17, 15) is 13.0 Å². The summed E-state index contributed by atoms with van der Waals surface area (Å²) in [6.45, 7) is 0. The van der Waals surface area contributed by atoms with Crippen LogP contribution in [0.2, 0.25) is 0 Å². The summed E-state index contributed by atoms with van der Waals surface area (Å²) in [7, 11) is -4.35. The maximum absolute atomic E-state index is 12.5. The SMILES string of the molecule is O=S(=O)(O)C1c2cccc(c2)Cc2cccc(c2)Cc2cccc(c2)Cc2cccc1c2. The van der Waals surface area contributed by atoms with Crippen LogP contribution in [0.25, 0.3) is 0 Å². The van der Waals surface area contributed by atoms with Crippen LogP contribution in [0.5, 0.6) is 0 Å². The van der Waals surface area contributed by atoms with Crippen molar-refractivity contribution in [3.63, 3.8) is 0 Å². The van der Waals surface area contributed by atoms with E-state index in [1.165, 1.54) is 22.3 Å². The third kappa shape index (κ3) is 4.52. The Kier molecular flexibility index (Phi) is 5.41. The summed E-state index contributed by atoms with van der Waals surface area (Å²) in [6, 6.07) is 32.1. The molecule has 1 aliphatic carbocycles.